The number of aromatic nitrogens is 4. The largest absolute Gasteiger partial charge is 0.394 e. The lowest BCUT2D eigenvalue weighted by molar-refractivity contribution is -0.114. The fourth-order valence-electron chi connectivity index (χ4n) is 3.10. The number of ether oxygens (including phenoxy) is 2. The van der Waals surface area contributed by atoms with Crippen molar-refractivity contribution in [2.75, 3.05) is 25.1 Å². The van der Waals surface area contributed by atoms with Crippen molar-refractivity contribution in [3.8, 4) is 0 Å². The molecule has 0 saturated carbocycles. The van der Waals surface area contributed by atoms with Crippen molar-refractivity contribution in [1.82, 2.24) is 19.5 Å². The second-order valence-electron chi connectivity index (χ2n) is 6.89. The van der Waals surface area contributed by atoms with Crippen molar-refractivity contribution in [3.63, 3.8) is 0 Å². The third-order valence-electron chi connectivity index (χ3n) is 4.42. The molecule has 2 saturated heterocycles. The first-order valence-electron chi connectivity index (χ1n) is 9.03. The van der Waals surface area contributed by atoms with E-state index in [4.69, 9.17) is 9.47 Å². The van der Waals surface area contributed by atoms with Gasteiger partial charge in [-0.3, -0.25) is 4.57 Å². The maximum absolute atomic E-state index is 10.2. The van der Waals surface area contributed by atoms with Gasteiger partial charge in [0.25, 0.3) is 0 Å². The topological polar surface area (TPSA) is 152 Å². The van der Waals surface area contributed by atoms with Gasteiger partial charge in [0.15, 0.2) is 23.2 Å². The van der Waals surface area contributed by atoms with Gasteiger partial charge in [-0.2, -0.15) is 0 Å². The maximum atomic E-state index is 10.2. The number of hydrogen-bond acceptors (Lipinski definition) is 10. The van der Waals surface area contributed by atoms with Gasteiger partial charge in [0.2, 0.25) is 0 Å². The van der Waals surface area contributed by atoms with Gasteiger partial charge in [-0.25, -0.2) is 15.0 Å². The molecular formula is C17H25N5O6. The molecule has 11 heteroatoms. The summed E-state index contributed by atoms with van der Waals surface area (Å²) in [6.07, 6.45) is -0.310. The van der Waals surface area contributed by atoms with Crippen LogP contribution in [0.2, 0.25) is 0 Å². The fraction of sp³-hybridized carbons (Fsp3) is 0.647. The minimum atomic E-state index is -1.19. The van der Waals surface area contributed by atoms with Crippen molar-refractivity contribution in [2.24, 2.45) is 0 Å². The Balaban J connectivity index is 0.000000516. The molecule has 0 radical (unpaired) electrons. The third-order valence-corrected chi connectivity index (χ3v) is 4.42. The molecule has 0 aromatic carbocycles. The second kappa shape index (κ2) is 8.88. The zero-order chi connectivity index (χ0) is 20.3. The molecule has 11 nitrogen and oxygen atoms in total. The Morgan fingerprint density at radius 3 is 2.64 bits per heavy atom. The van der Waals surface area contributed by atoms with Crippen LogP contribution in [0.1, 0.15) is 26.5 Å². The van der Waals surface area contributed by atoms with E-state index in [0.717, 1.165) is 6.42 Å². The van der Waals surface area contributed by atoms with Crippen LogP contribution < -0.4 is 5.32 Å². The van der Waals surface area contributed by atoms with Crippen LogP contribution in [0.25, 0.3) is 11.2 Å². The molecule has 4 rings (SSSR count). The molecule has 5 atom stereocenters. The molecule has 2 fully saturated rings. The number of hydrogen-bond donors (Lipinski definition) is 4. The van der Waals surface area contributed by atoms with Crippen LogP contribution in [-0.2, 0) is 14.3 Å². The van der Waals surface area contributed by atoms with Gasteiger partial charge in [-0.15, -0.1) is 0 Å². The highest BCUT2D eigenvalue weighted by Crippen LogP contribution is 2.32. The van der Waals surface area contributed by atoms with E-state index in [2.05, 4.69) is 20.3 Å². The molecule has 2 aliphatic rings. The van der Waals surface area contributed by atoms with Crippen LogP contribution in [0, 0.1) is 0 Å². The molecule has 0 bridgehead atoms. The van der Waals surface area contributed by atoms with E-state index in [-0.39, 0.29) is 18.4 Å². The molecule has 2 aromatic heterocycles. The predicted octanol–water partition coefficient (Wildman–Crippen LogP) is -0.766. The van der Waals surface area contributed by atoms with E-state index >= 15 is 0 Å². The van der Waals surface area contributed by atoms with Crippen molar-refractivity contribution >= 4 is 22.8 Å². The minimum absolute atomic E-state index is 0.167. The number of ketones is 1. The fourth-order valence-corrected chi connectivity index (χ4v) is 3.10. The van der Waals surface area contributed by atoms with E-state index in [0.29, 0.717) is 30.2 Å². The molecule has 0 aliphatic carbocycles. The summed E-state index contributed by atoms with van der Waals surface area (Å²) in [6.45, 7) is 3.99. The Labute approximate surface area is 161 Å². The first kappa shape index (κ1) is 20.6. The van der Waals surface area contributed by atoms with Gasteiger partial charge in [-0.1, -0.05) is 0 Å². The summed E-state index contributed by atoms with van der Waals surface area (Å²) in [5.41, 5.74) is 1.02. The highest BCUT2D eigenvalue weighted by atomic mass is 16.6. The summed E-state index contributed by atoms with van der Waals surface area (Å²) in [4.78, 5) is 22.2. The van der Waals surface area contributed by atoms with E-state index in [1.165, 1.54) is 31.1 Å². The van der Waals surface area contributed by atoms with Gasteiger partial charge in [-0.05, 0) is 20.3 Å². The van der Waals surface area contributed by atoms with E-state index < -0.39 is 24.5 Å². The summed E-state index contributed by atoms with van der Waals surface area (Å²) >= 11 is 0. The van der Waals surface area contributed by atoms with Crippen LogP contribution in [0.15, 0.2) is 12.7 Å². The summed E-state index contributed by atoms with van der Waals surface area (Å²) in [5, 5.41) is 32.6. The minimum Gasteiger partial charge on any atom is -0.394 e. The Bertz CT molecular complexity index is 804. The zero-order valence-electron chi connectivity index (χ0n) is 15.7. The number of carbonyl (C=O) groups is 1. The average molecular weight is 395 g/mol. The molecule has 4 heterocycles. The SMILES string of the molecule is CC(C)=O.OC[C@H]1O[C@@H](n2cnc3c(NC4CCOC4)ncnc32)[C@@H](O)[C@H]1O. The average Bonchev–Trinajstić information content (AvgIpc) is 3.36. The molecule has 154 valence electrons. The smallest absolute Gasteiger partial charge is 0.167 e. The number of aliphatic hydroxyl groups is 3. The molecule has 0 spiro atoms. The van der Waals surface area contributed by atoms with E-state index in [9.17, 15) is 20.1 Å². The molecule has 0 amide bonds. The number of carbonyl (C=O) groups excluding carboxylic acids is 1. The summed E-state index contributed by atoms with van der Waals surface area (Å²) in [6, 6.07) is 0.169. The molecule has 1 unspecified atom stereocenters. The van der Waals surface area contributed by atoms with Gasteiger partial charge < -0.3 is 34.9 Å². The van der Waals surface area contributed by atoms with Gasteiger partial charge in [0.1, 0.15) is 30.4 Å². The van der Waals surface area contributed by atoms with E-state index in [1.54, 1.807) is 0 Å². The number of rotatable bonds is 4. The number of nitrogens with zero attached hydrogens (tertiary/aromatic N) is 4. The highest BCUT2D eigenvalue weighted by Gasteiger charge is 2.44. The summed E-state index contributed by atoms with van der Waals surface area (Å²) in [5.74, 6) is 0.751. The zero-order valence-corrected chi connectivity index (χ0v) is 15.7. The van der Waals surface area contributed by atoms with Crippen molar-refractivity contribution in [1.29, 1.82) is 0 Å². The number of aliphatic hydroxyl groups excluding tert-OH is 3. The molecule has 4 N–H and O–H groups in total. The lowest BCUT2D eigenvalue weighted by Crippen LogP contribution is -2.33. The normalized spacial score (nSPS) is 29.5. The third kappa shape index (κ3) is 4.28. The Morgan fingerprint density at radius 1 is 1.29 bits per heavy atom. The van der Waals surface area contributed by atoms with E-state index in [1.807, 2.05) is 0 Å². The van der Waals surface area contributed by atoms with Crippen LogP contribution in [0.4, 0.5) is 5.82 Å². The molecule has 28 heavy (non-hydrogen) atoms. The number of fused-ring (bicyclic) bond motifs is 1. The first-order valence-corrected chi connectivity index (χ1v) is 9.03. The number of anilines is 1. The lowest BCUT2D eigenvalue weighted by Gasteiger charge is -2.16. The summed E-state index contributed by atoms with van der Waals surface area (Å²) in [7, 11) is 0. The number of Topliss-reactive ketones (excluding diaryl/α,β-unsaturated/α-hetero) is 1. The Kier molecular flexibility index (Phi) is 6.52. The lowest BCUT2D eigenvalue weighted by atomic mass is 10.1. The highest BCUT2D eigenvalue weighted by molar-refractivity contribution is 5.82. The number of nitrogens with one attached hydrogen (secondary N) is 1. The predicted molar refractivity (Wildman–Crippen MR) is 97.5 cm³/mol. The Morgan fingerprint density at radius 2 is 2.04 bits per heavy atom. The molecular weight excluding hydrogens is 370 g/mol. The number of imidazole rings is 1. The maximum Gasteiger partial charge on any atom is 0.167 e. The van der Waals surface area contributed by atoms with Crippen LogP contribution in [0.5, 0.6) is 0 Å². The molecule has 2 aliphatic heterocycles. The quantitative estimate of drug-likeness (QED) is 0.519. The van der Waals surface area contributed by atoms with Crippen LogP contribution in [0.3, 0.4) is 0 Å². The van der Waals surface area contributed by atoms with Crippen LogP contribution >= 0.6 is 0 Å². The summed E-state index contributed by atoms with van der Waals surface area (Å²) < 4.78 is 12.4. The van der Waals surface area contributed by atoms with Crippen molar-refractivity contribution in [3.05, 3.63) is 12.7 Å². The monoisotopic (exact) mass is 395 g/mol. The second-order valence-corrected chi connectivity index (χ2v) is 6.89. The Hall–Kier alpha value is -2.18. The van der Waals surface area contributed by atoms with Gasteiger partial charge in [0.05, 0.1) is 25.6 Å². The standard InChI is InChI=1S/C14H19N5O5.C3H6O/c20-3-8-10(21)11(22)14(24-8)19-6-17-9-12(15-5-16-13(9)19)18-7-1-2-23-4-7;1-3(2)4/h5-8,10-11,14,20-22H,1-4H2,(H,15,16,18);1-2H3/t7?,8-,10+,11+,14-;/m1./s1. The van der Waals surface area contributed by atoms with Crippen molar-refractivity contribution in [2.45, 2.75) is 50.8 Å². The van der Waals surface area contributed by atoms with Crippen molar-refractivity contribution < 1.29 is 29.6 Å². The van der Waals surface area contributed by atoms with Gasteiger partial charge >= 0.3 is 0 Å². The molecule has 2 aromatic rings. The first-order chi connectivity index (χ1) is 13.4. The van der Waals surface area contributed by atoms with Crippen LogP contribution in [-0.4, -0.2) is 84.8 Å². The van der Waals surface area contributed by atoms with Gasteiger partial charge in [0, 0.05) is 6.61 Å².